The van der Waals surface area contributed by atoms with Crippen LogP contribution in [0, 0.1) is 11.8 Å². The Bertz CT molecular complexity index is 1360. The summed E-state index contributed by atoms with van der Waals surface area (Å²) in [7, 11) is 1.53. The molecule has 3 saturated heterocycles. The van der Waals surface area contributed by atoms with Gasteiger partial charge in [0.25, 0.3) is 0 Å². The van der Waals surface area contributed by atoms with Gasteiger partial charge in [-0.2, -0.15) is 26.3 Å². The lowest BCUT2D eigenvalue weighted by atomic mass is 9.71. The summed E-state index contributed by atoms with van der Waals surface area (Å²) < 4.78 is 87.2. The molecule has 2 aromatic carbocycles. The van der Waals surface area contributed by atoms with Crippen LogP contribution in [0.4, 0.5) is 26.3 Å². The van der Waals surface area contributed by atoms with E-state index in [0.717, 1.165) is 18.6 Å². The molecule has 3 unspecified atom stereocenters. The van der Waals surface area contributed by atoms with Crippen molar-refractivity contribution < 1.29 is 40.7 Å². The van der Waals surface area contributed by atoms with E-state index in [0.29, 0.717) is 41.7 Å². The summed E-state index contributed by atoms with van der Waals surface area (Å²) in [5.74, 6) is 0.843. The molecule has 0 spiro atoms. The van der Waals surface area contributed by atoms with Gasteiger partial charge >= 0.3 is 12.4 Å². The van der Waals surface area contributed by atoms with Gasteiger partial charge in [0.15, 0.2) is 0 Å². The van der Waals surface area contributed by atoms with E-state index in [1.54, 1.807) is 30.5 Å². The first-order valence-corrected chi connectivity index (χ1v) is 12.7. The topological polar surface area (TPSA) is 42.4 Å². The molecule has 3 aliphatic heterocycles. The highest BCUT2D eigenvalue weighted by Gasteiger charge is 2.54. The molecule has 39 heavy (non-hydrogen) atoms. The van der Waals surface area contributed by atoms with E-state index in [1.165, 1.54) is 7.11 Å². The van der Waals surface area contributed by atoms with Crippen LogP contribution in [0.15, 0.2) is 61.3 Å². The summed E-state index contributed by atoms with van der Waals surface area (Å²) in [6.07, 6.45) is -6.16. The molecular weight excluding hydrogens is 522 g/mol. The first-order chi connectivity index (χ1) is 18.3. The van der Waals surface area contributed by atoms with Crippen LogP contribution in [0.1, 0.15) is 41.2 Å². The van der Waals surface area contributed by atoms with E-state index in [2.05, 4.69) is 11.6 Å². The van der Waals surface area contributed by atoms with Gasteiger partial charge in [-0.15, -0.1) is 6.58 Å². The largest absolute Gasteiger partial charge is 0.497 e. The van der Waals surface area contributed by atoms with Gasteiger partial charge in [-0.3, -0.25) is 4.98 Å². The van der Waals surface area contributed by atoms with Crippen LogP contribution in [-0.2, 0) is 18.9 Å². The molecule has 3 aromatic rings. The highest BCUT2D eigenvalue weighted by atomic mass is 19.4. The Morgan fingerprint density at radius 2 is 1.77 bits per heavy atom. The fourth-order valence-electron chi connectivity index (χ4n) is 6.59. The van der Waals surface area contributed by atoms with Gasteiger partial charge in [0, 0.05) is 35.9 Å². The Morgan fingerprint density at radius 1 is 1.08 bits per heavy atom. The molecule has 0 aliphatic carbocycles. The number of halogens is 6. The molecule has 1 N–H and O–H groups in total. The standard InChI is InChI=1S/C29H29F6N2O2/c1-3-18-16-37(15-17-10-20(28(30,31)32)13-21(11-17)29(33,34)35)9-7-19(18)12-26(37)27(38)23-6-8-36-25-5-4-22(39-2)14-24(23)25/h3-6,8,10-11,13-14,18-19,26-27,38H,1,7,9,12,15-16H2,2H3/q+1/t18?,19?,26-,27+,37?/m0/s1. The first-order valence-electron chi connectivity index (χ1n) is 12.7. The summed E-state index contributed by atoms with van der Waals surface area (Å²) in [5.41, 5.74) is -1.47. The number of methoxy groups -OCH3 is 1. The van der Waals surface area contributed by atoms with Gasteiger partial charge in [-0.1, -0.05) is 6.08 Å². The number of aliphatic hydroxyl groups is 1. The van der Waals surface area contributed by atoms with Gasteiger partial charge in [0.2, 0.25) is 0 Å². The Labute approximate surface area is 222 Å². The van der Waals surface area contributed by atoms with Crippen LogP contribution in [0.5, 0.6) is 5.75 Å². The van der Waals surface area contributed by atoms with Crippen LogP contribution < -0.4 is 4.74 Å². The molecule has 0 amide bonds. The third kappa shape index (κ3) is 5.12. The van der Waals surface area contributed by atoms with E-state index in [1.807, 2.05) is 6.08 Å². The van der Waals surface area contributed by atoms with E-state index in [4.69, 9.17) is 4.74 Å². The summed E-state index contributed by atoms with van der Waals surface area (Å²) >= 11 is 0. The molecule has 3 fully saturated rings. The van der Waals surface area contributed by atoms with Crippen molar-refractivity contribution in [2.24, 2.45) is 11.8 Å². The number of aromatic nitrogens is 1. The summed E-state index contributed by atoms with van der Waals surface area (Å²) in [4.78, 5) is 4.37. The monoisotopic (exact) mass is 551 g/mol. The number of hydrogen-bond acceptors (Lipinski definition) is 3. The maximum absolute atomic E-state index is 13.6. The second kappa shape index (κ2) is 9.82. The zero-order valence-electron chi connectivity index (χ0n) is 21.3. The predicted octanol–water partition coefficient (Wildman–Crippen LogP) is 6.93. The smallest absolute Gasteiger partial charge is 0.416 e. The normalized spacial score (nSPS) is 26.0. The van der Waals surface area contributed by atoms with E-state index >= 15 is 0 Å². The van der Waals surface area contributed by atoms with Crippen molar-refractivity contribution in [2.75, 3.05) is 20.2 Å². The molecule has 10 heteroatoms. The number of nitrogens with zero attached hydrogens (tertiary/aromatic N) is 2. The number of aliphatic hydroxyl groups excluding tert-OH is 1. The Balaban J connectivity index is 1.60. The number of alkyl halides is 6. The number of benzene rings is 2. The minimum absolute atomic E-state index is 0.0457. The van der Waals surface area contributed by atoms with Crippen molar-refractivity contribution in [3.8, 4) is 5.75 Å². The van der Waals surface area contributed by atoms with Gasteiger partial charge in [-0.05, 0) is 53.9 Å². The third-order valence-corrected chi connectivity index (χ3v) is 8.49. The third-order valence-electron chi connectivity index (χ3n) is 8.49. The Morgan fingerprint density at radius 3 is 2.38 bits per heavy atom. The first kappa shape index (κ1) is 27.5. The van der Waals surface area contributed by atoms with E-state index in [-0.39, 0.29) is 34.5 Å². The van der Waals surface area contributed by atoms with Crippen LogP contribution in [0.25, 0.3) is 10.9 Å². The minimum atomic E-state index is -4.93. The highest BCUT2D eigenvalue weighted by molar-refractivity contribution is 5.83. The number of pyridine rings is 1. The van der Waals surface area contributed by atoms with Crippen molar-refractivity contribution in [1.29, 1.82) is 0 Å². The van der Waals surface area contributed by atoms with E-state index < -0.39 is 35.6 Å². The number of ether oxygens (including phenoxy) is 1. The zero-order chi connectivity index (χ0) is 28.2. The van der Waals surface area contributed by atoms with E-state index in [9.17, 15) is 31.4 Å². The predicted molar refractivity (Wildman–Crippen MR) is 134 cm³/mol. The SMILES string of the molecule is C=CC1C[N+]2(Cc3cc(C(F)(F)F)cc(C(F)(F)F)c3)CCC1C[C@H]2[C@H](O)c1ccnc2ccc(OC)cc12. The molecule has 4 heterocycles. The molecule has 1 aromatic heterocycles. The number of quaternary nitrogens is 1. The Hall–Kier alpha value is -3.11. The summed E-state index contributed by atoms with van der Waals surface area (Å²) in [5, 5.41) is 12.5. The molecular formula is C29H29F6N2O2+. The van der Waals surface area contributed by atoms with Crippen molar-refractivity contribution >= 4 is 10.9 Å². The van der Waals surface area contributed by atoms with Gasteiger partial charge in [0.1, 0.15) is 24.4 Å². The molecule has 2 bridgehead atoms. The number of piperidine rings is 3. The van der Waals surface area contributed by atoms with Gasteiger partial charge in [-0.25, -0.2) is 0 Å². The lowest BCUT2D eigenvalue weighted by Gasteiger charge is -2.58. The van der Waals surface area contributed by atoms with Crippen LogP contribution >= 0.6 is 0 Å². The number of fused-ring (bicyclic) bond motifs is 4. The lowest BCUT2D eigenvalue weighted by Crippen LogP contribution is -2.67. The molecule has 208 valence electrons. The maximum atomic E-state index is 13.6. The molecule has 5 atom stereocenters. The maximum Gasteiger partial charge on any atom is 0.416 e. The fraction of sp³-hybridized carbons (Fsp3) is 0.414. The average Bonchev–Trinajstić information content (AvgIpc) is 2.90. The van der Waals surface area contributed by atoms with Crippen molar-refractivity contribution in [1.82, 2.24) is 4.98 Å². The molecule has 4 nitrogen and oxygen atoms in total. The molecule has 3 aliphatic rings. The average molecular weight is 552 g/mol. The number of rotatable bonds is 6. The molecule has 6 rings (SSSR count). The second-order valence-corrected chi connectivity index (χ2v) is 10.7. The summed E-state index contributed by atoms with van der Waals surface area (Å²) in [6, 6.07) is 8.34. The van der Waals surface area contributed by atoms with Crippen molar-refractivity contribution in [3.05, 3.63) is 83.6 Å². The lowest BCUT2D eigenvalue weighted by molar-refractivity contribution is -0.984. The van der Waals surface area contributed by atoms with Crippen LogP contribution in [-0.4, -0.2) is 40.8 Å². The quantitative estimate of drug-likeness (QED) is 0.205. The minimum Gasteiger partial charge on any atom is -0.497 e. The molecule has 0 saturated carbocycles. The van der Waals surface area contributed by atoms with Crippen LogP contribution in [0.3, 0.4) is 0 Å². The highest BCUT2D eigenvalue weighted by Crippen LogP contribution is 2.48. The van der Waals surface area contributed by atoms with Gasteiger partial charge in [0.05, 0.1) is 36.8 Å². The van der Waals surface area contributed by atoms with Crippen LogP contribution in [0.2, 0.25) is 0 Å². The fourth-order valence-corrected chi connectivity index (χ4v) is 6.59. The number of hydrogen-bond donors (Lipinski definition) is 1. The van der Waals surface area contributed by atoms with Gasteiger partial charge < -0.3 is 14.3 Å². The summed E-state index contributed by atoms with van der Waals surface area (Å²) in [6.45, 7) is 4.86. The molecule has 0 radical (unpaired) electrons. The zero-order valence-corrected chi connectivity index (χ0v) is 21.3. The van der Waals surface area contributed by atoms with Crippen molar-refractivity contribution in [2.45, 2.75) is 43.9 Å². The Kier molecular flexibility index (Phi) is 6.91. The second-order valence-electron chi connectivity index (χ2n) is 10.7. The van der Waals surface area contributed by atoms with Crippen molar-refractivity contribution in [3.63, 3.8) is 0 Å².